The summed E-state index contributed by atoms with van der Waals surface area (Å²) in [4.78, 5) is 20.6. The average Bonchev–Trinajstić information content (AvgIpc) is 2.94. The average molecular weight is 456 g/mol. The van der Waals surface area contributed by atoms with Gasteiger partial charge in [-0.2, -0.15) is 0 Å². The molecule has 1 saturated heterocycles. The largest absolute Gasteiger partial charge is 0.508 e. The smallest absolute Gasteiger partial charge is 0.309 e. The second-order valence-corrected chi connectivity index (χ2v) is 8.52. The SMILES string of the molecule is C#C.CC1=C(/C=C\CO)Oc2ccc(O)cc2C(N2CCN(CCC(C)(C)C(=O)O)CC2)=N1. The summed E-state index contributed by atoms with van der Waals surface area (Å²) in [6, 6.07) is 4.95. The maximum atomic E-state index is 11.4. The highest BCUT2D eigenvalue weighted by Crippen LogP contribution is 2.31. The normalized spacial score (nSPS) is 16.9. The van der Waals surface area contributed by atoms with E-state index in [4.69, 9.17) is 14.8 Å². The van der Waals surface area contributed by atoms with Crippen molar-refractivity contribution in [3.8, 4) is 24.3 Å². The van der Waals surface area contributed by atoms with E-state index < -0.39 is 11.4 Å². The molecule has 1 aromatic carbocycles. The standard InChI is InChI=1S/C23H31N3O5.C2H2/c1-16-19(5-4-14-27)31-20-7-6-17(28)15-18(20)21(24-16)26-12-10-25(11-13-26)9-8-23(2,3)22(29)30;1-2/h4-7,15,27-28H,8-14H2,1-3H3,(H,29,30);1-2H/b5-4-;. The van der Waals surface area contributed by atoms with E-state index in [2.05, 4.69) is 22.6 Å². The zero-order chi connectivity index (χ0) is 24.6. The number of aromatic hydroxyl groups is 1. The van der Waals surface area contributed by atoms with Crippen LogP contribution in [0.4, 0.5) is 0 Å². The molecule has 1 aromatic rings. The fourth-order valence-corrected chi connectivity index (χ4v) is 3.53. The number of hydrogen-bond donors (Lipinski definition) is 3. The molecule has 8 heteroatoms. The highest BCUT2D eigenvalue weighted by molar-refractivity contribution is 6.02. The Labute approximate surface area is 195 Å². The van der Waals surface area contributed by atoms with Crippen molar-refractivity contribution in [2.45, 2.75) is 27.2 Å². The van der Waals surface area contributed by atoms with Crippen molar-refractivity contribution >= 4 is 11.8 Å². The van der Waals surface area contributed by atoms with Gasteiger partial charge < -0.3 is 25.0 Å². The fraction of sp³-hybridized carbons (Fsp3) is 0.440. The number of piperazine rings is 1. The topological polar surface area (TPSA) is 106 Å². The van der Waals surface area contributed by atoms with Gasteiger partial charge in [0.05, 0.1) is 23.3 Å². The van der Waals surface area contributed by atoms with Crippen molar-refractivity contribution in [2.24, 2.45) is 10.4 Å². The van der Waals surface area contributed by atoms with E-state index in [1.807, 2.05) is 6.92 Å². The Morgan fingerprint density at radius 1 is 1.24 bits per heavy atom. The lowest BCUT2D eigenvalue weighted by molar-refractivity contribution is -0.147. The lowest BCUT2D eigenvalue weighted by atomic mass is 9.89. The first kappa shape index (κ1) is 26.0. The van der Waals surface area contributed by atoms with Crippen LogP contribution in [0.15, 0.2) is 46.8 Å². The van der Waals surface area contributed by atoms with Crippen LogP contribution in [-0.2, 0) is 4.79 Å². The molecular weight excluding hydrogens is 422 g/mol. The highest BCUT2D eigenvalue weighted by Gasteiger charge is 2.30. The number of carboxylic acid groups (broad SMARTS) is 1. The molecule has 33 heavy (non-hydrogen) atoms. The Kier molecular flexibility index (Phi) is 9.09. The van der Waals surface area contributed by atoms with Crippen LogP contribution in [0.5, 0.6) is 11.5 Å². The van der Waals surface area contributed by atoms with Gasteiger partial charge >= 0.3 is 5.97 Å². The van der Waals surface area contributed by atoms with Gasteiger partial charge in [0.15, 0.2) is 0 Å². The highest BCUT2D eigenvalue weighted by atomic mass is 16.5. The fourth-order valence-electron chi connectivity index (χ4n) is 3.53. The third-order valence-corrected chi connectivity index (χ3v) is 5.73. The van der Waals surface area contributed by atoms with Crippen LogP contribution in [0.1, 0.15) is 32.8 Å². The van der Waals surface area contributed by atoms with Gasteiger partial charge in [-0.3, -0.25) is 9.69 Å². The van der Waals surface area contributed by atoms with Gasteiger partial charge in [-0.05, 0) is 58.0 Å². The number of ether oxygens (including phenoxy) is 1. The van der Waals surface area contributed by atoms with Gasteiger partial charge in [0.2, 0.25) is 0 Å². The van der Waals surface area contributed by atoms with E-state index in [9.17, 15) is 15.0 Å². The summed E-state index contributed by atoms with van der Waals surface area (Å²) in [6.45, 7) is 9.06. The minimum atomic E-state index is -0.774. The molecule has 3 rings (SSSR count). The van der Waals surface area contributed by atoms with Gasteiger partial charge in [-0.1, -0.05) is 6.08 Å². The van der Waals surface area contributed by atoms with Gasteiger partial charge in [-0.25, -0.2) is 4.99 Å². The summed E-state index contributed by atoms with van der Waals surface area (Å²) in [7, 11) is 0. The minimum absolute atomic E-state index is 0.0974. The number of phenols is 1. The van der Waals surface area contributed by atoms with Crippen LogP contribution in [0, 0.1) is 18.3 Å². The zero-order valence-corrected chi connectivity index (χ0v) is 19.5. The number of aliphatic hydroxyl groups excluding tert-OH is 1. The zero-order valence-electron chi connectivity index (χ0n) is 19.5. The third kappa shape index (κ3) is 6.60. The molecule has 0 aromatic heterocycles. The molecule has 0 radical (unpaired) electrons. The number of aliphatic imine (C=N–C) groups is 1. The summed E-state index contributed by atoms with van der Waals surface area (Å²) in [5, 5.41) is 28.5. The molecule has 3 N–H and O–H groups in total. The Hall–Kier alpha value is -3.28. The molecule has 178 valence electrons. The van der Waals surface area contributed by atoms with Crippen LogP contribution in [0.3, 0.4) is 0 Å². The van der Waals surface area contributed by atoms with Gasteiger partial charge in [0.25, 0.3) is 0 Å². The predicted molar refractivity (Wildman–Crippen MR) is 128 cm³/mol. The summed E-state index contributed by atoms with van der Waals surface area (Å²) >= 11 is 0. The Balaban J connectivity index is 0.00000187. The molecule has 1 fully saturated rings. The number of carbonyl (C=O) groups is 1. The van der Waals surface area contributed by atoms with E-state index in [0.717, 1.165) is 38.6 Å². The van der Waals surface area contributed by atoms with Crippen molar-refractivity contribution in [1.29, 1.82) is 0 Å². The lowest BCUT2D eigenvalue weighted by Gasteiger charge is -2.37. The van der Waals surface area contributed by atoms with E-state index in [-0.39, 0.29) is 12.4 Å². The molecule has 0 spiro atoms. The Morgan fingerprint density at radius 2 is 1.91 bits per heavy atom. The summed E-state index contributed by atoms with van der Waals surface area (Å²) in [5.74, 6) is 1.24. The van der Waals surface area contributed by atoms with Crippen LogP contribution in [-0.4, -0.2) is 76.3 Å². The Morgan fingerprint density at radius 3 is 2.52 bits per heavy atom. The van der Waals surface area contributed by atoms with Crippen molar-refractivity contribution < 1.29 is 24.9 Å². The van der Waals surface area contributed by atoms with E-state index in [1.54, 1.807) is 44.2 Å². The second kappa shape index (κ2) is 11.5. The summed E-state index contributed by atoms with van der Waals surface area (Å²) < 4.78 is 6.03. The number of aliphatic carboxylic acids is 1. The molecule has 2 heterocycles. The van der Waals surface area contributed by atoms with Crippen LogP contribution >= 0.6 is 0 Å². The number of terminal acetylenes is 1. The molecule has 0 atom stereocenters. The number of amidine groups is 1. The first-order valence-electron chi connectivity index (χ1n) is 10.8. The number of aliphatic hydroxyl groups is 1. The van der Waals surface area contributed by atoms with Crippen molar-refractivity contribution in [2.75, 3.05) is 39.3 Å². The molecule has 0 saturated carbocycles. The minimum Gasteiger partial charge on any atom is -0.508 e. The molecule has 8 nitrogen and oxygen atoms in total. The first-order valence-corrected chi connectivity index (χ1v) is 10.8. The van der Waals surface area contributed by atoms with Gasteiger partial charge in [-0.15, -0.1) is 12.8 Å². The van der Waals surface area contributed by atoms with Crippen molar-refractivity contribution in [3.63, 3.8) is 0 Å². The number of allylic oxidation sites excluding steroid dienone is 2. The second-order valence-electron chi connectivity index (χ2n) is 8.52. The van der Waals surface area contributed by atoms with Gasteiger partial charge in [0.1, 0.15) is 23.1 Å². The van der Waals surface area contributed by atoms with Crippen molar-refractivity contribution in [1.82, 2.24) is 9.80 Å². The van der Waals surface area contributed by atoms with Crippen LogP contribution in [0.25, 0.3) is 0 Å². The monoisotopic (exact) mass is 455 g/mol. The third-order valence-electron chi connectivity index (χ3n) is 5.73. The van der Waals surface area contributed by atoms with Gasteiger partial charge in [0, 0.05) is 26.2 Å². The summed E-state index contributed by atoms with van der Waals surface area (Å²) in [5.41, 5.74) is 0.657. The number of phenolic OH excluding ortho intramolecular Hbond substituents is 1. The van der Waals surface area contributed by atoms with E-state index >= 15 is 0 Å². The lowest BCUT2D eigenvalue weighted by Crippen LogP contribution is -2.49. The molecule has 0 unspecified atom stereocenters. The number of fused-ring (bicyclic) bond motifs is 1. The Bertz CT molecular complexity index is 954. The molecule has 0 amide bonds. The van der Waals surface area contributed by atoms with Crippen molar-refractivity contribution in [3.05, 3.63) is 47.4 Å². The summed E-state index contributed by atoms with van der Waals surface area (Å²) in [6.07, 6.45) is 11.9. The first-order chi connectivity index (χ1) is 15.7. The number of nitrogens with zero attached hydrogens (tertiary/aromatic N) is 3. The molecule has 0 aliphatic carbocycles. The quantitative estimate of drug-likeness (QED) is 0.566. The van der Waals surface area contributed by atoms with Crippen LogP contribution in [0.2, 0.25) is 0 Å². The molecule has 0 bridgehead atoms. The maximum absolute atomic E-state index is 11.4. The van der Waals surface area contributed by atoms with E-state index in [1.165, 1.54) is 0 Å². The molecule has 2 aliphatic rings. The maximum Gasteiger partial charge on any atom is 0.309 e. The number of hydrogen-bond acceptors (Lipinski definition) is 7. The van der Waals surface area contributed by atoms with Crippen LogP contribution < -0.4 is 4.74 Å². The predicted octanol–water partition coefficient (Wildman–Crippen LogP) is 2.68. The van der Waals surface area contributed by atoms with E-state index in [0.29, 0.717) is 29.2 Å². The number of rotatable bonds is 6. The number of benzene rings is 1. The number of carboxylic acids is 1. The molecule has 2 aliphatic heterocycles. The molecular formula is C25H33N3O5.